The molecule has 3 rings (SSSR count). The van der Waals surface area contributed by atoms with Crippen LogP contribution in [0, 0.1) is 5.92 Å². The molecule has 1 unspecified atom stereocenters. The van der Waals surface area contributed by atoms with Crippen molar-refractivity contribution in [2.75, 3.05) is 19.8 Å². The molecule has 0 spiro atoms. The molecule has 1 fully saturated rings. The SMILES string of the molecule is O=C(NCCc1ccc(-n2cccn2)cc1)C1CCOC1. The smallest absolute Gasteiger partial charge is 0.225 e. The van der Waals surface area contributed by atoms with Gasteiger partial charge in [0.2, 0.25) is 5.91 Å². The fraction of sp³-hybridized carbons (Fsp3) is 0.375. The van der Waals surface area contributed by atoms with Crippen LogP contribution in [0.2, 0.25) is 0 Å². The molecule has 21 heavy (non-hydrogen) atoms. The number of hydrogen-bond donors (Lipinski definition) is 1. The molecule has 1 aromatic carbocycles. The number of rotatable bonds is 5. The van der Waals surface area contributed by atoms with E-state index in [1.165, 1.54) is 5.56 Å². The minimum Gasteiger partial charge on any atom is -0.381 e. The van der Waals surface area contributed by atoms with Crippen LogP contribution in [0.5, 0.6) is 0 Å². The van der Waals surface area contributed by atoms with Crippen LogP contribution in [0.25, 0.3) is 5.69 Å². The maximum absolute atomic E-state index is 11.8. The molecule has 1 saturated heterocycles. The predicted octanol–water partition coefficient (Wildman–Crippen LogP) is 1.57. The molecular formula is C16H19N3O2. The fourth-order valence-corrected chi connectivity index (χ4v) is 2.45. The van der Waals surface area contributed by atoms with Gasteiger partial charge in [-0.15, -0.1) is 0 Å². The largest absolute Gasteiger partial charge is 0.381 e. The Labute approximate surface area is 123 Å². The van der Waals surface area contributed by atoms with Gasteiger partial charge in [-0.05, 0) is 36.6 Å². The molecular weight excluding hydrogens is 266 g/mol. The molecule has 5 nitrogen and oxygen atoms in total. The van der Waals surface area contributed by atoms with E-state index >= 15 is 0 Å². The lowest BCUT2D eigenvalue weighted by molar-refractivity contribution is -0.124. The van der Waals surface area contributed by atoms with Crippen LogP contribution in [-0.4, -0.2) is 35.4 Å². The van der Waals surface area contributed by atoms with E-state index in [4.69, 9.17) is 4.74 Å². The third-order valence-electron chi connectivity index (χ3n) is 3.72. The van der Waals surface area contributed by atoms with Crippen molar-refractivity contribution in [3.05, 3.63) is 48.3 Å². The summed E-state index contributed by atoms with van der Waals surface area (Å²) < 4.78 is 7.05. The highest BCUT2D eigenvalue weighted by molar-refractivity contribution is 5.78. The number of ether oxygens (including phenoxy) is 1. The topological polar surface area (TPSA) is 56.2 Å². The second kappa shape index (κ2) is 6.54. The van der Waals surface area contributed by atoms with Gasteiger partial charge in [0.1, 0.15) is 0 Å². The van der Waals surface area contributed by atoms with Gasteiger partial charge in [0, 0.05) is 25.5 Å². The number of amides is 1. The highest BCUT2D eigenvalue weighted by Crippen LogP contribution is 2.12. The summed E-state index contributed by atoms with van der Waals surface area (Å²) in [5.41, 5.74) is 2.24. The summed E-state index contributed by atoms with van der Waals surface area (Å²) in [6.45, 7) is 1.92. The maximum Gasteiger partial charge on any atom is 0.225 e. The molecule has 2 heterocycles. The molecule has 110 valence electrons. The van der Waals surface area contributed by atoms with Gasteiger partial charge in [0.15, 0.2) is 0 Å². The zero-order valence-corrected chi connectivity index (χ0v) is 11.9. The normalized spacial score (nSPS) is 17.8. The van der Waals surface area contributed by atoms with Crippen LogP contribution >= 0.6 is 0 Å². The standard InChI is InChI=1S/C16H19N3O2/c20-16(14-7-11-21-12-14)17-9-6-13-2-4-15(5-3-13)19-10-1-8-18-19/h1-5,8,10,14H,6-7,9,11-12H2,(H,17,20). The minimum atomic E-state index is 0.0344. The van der Waals surface area contributed by atoms with E-state index in [1.807, 2.05) is 29.1 Å². The van der Waals surface area contributed by atoms with E-state index in [2.05, 4.69) is 22.5 Å². The van der Waals surface area contributed by atoms with Gasteiger partial charge in [-0.25, -0.2) is 4.68 Å². The van der Waals surface area contributed by atoms with Crippen LogP contribution in [0.15, 0.2) is 42.7 Å². The molecule has 1 aliphatic rings. The average molecular weight is 285 g/mol. The van der Waals surface area contributed by atoms with E-state index in [0.717, 1.165) is 18.5 Å². The molecule has 0 bridgehead atoms. The van der Waals surface area contributed by atoms with Gasteiger partial charge in [-0.3, -0.25) is 4.79 Å². The third-order valence-corrected chi connectivity index (χ3v) is 3.72. The van der Waals surface area contributed by atoms with Crippen LogP contribution in [0.3, 0.4) is 0 Å². The van der Waals surface area contributed by atoms with Crippen molar-refractivity contribution in [1.82, 2.24) is 15.1 Å². The Morgan fingerprint density at radius 2 is 2.24 bits per heavy atom. The molecule has 1 N–H and O–H groups in total. The Hall–Kier alpha value is -2.14. The number of hydrogen-bond acceptors (Lipinski definition) is 3. The Bertz CT molecular complexity index is 572. The minimum absolute atomic E-state index is 0.0344. The quantitative estimate of drug-likeness (QED) is 0.907. The summed E-state index contributed by atoms with van der Waals surface area (Å²) in [6.07, 6.45) is 5.35. The van der Waals surface area contributed by atoms with Crippen molar-refractivity contribution in [1.29, 1.82) is 0 Å². The van der Waals surface area contributed by atoms with Crippen molar-refractivity contribution in [2.45, 2.75) is 12.8 Å². The van der Waals surface area contributed by atoms with Gasteiger partial charge in [-0.2, -0.15) is 5.10 Å². The summed E-state index contributed by atoms with van der Waals surface area (Å²) in [6, 6.07) is 10.1. The van der Waals surface area contributed by atoms with Crippen LogP contribution in [0.4, 0.5) is 0 Å². The number of nitrogens with zero attached hydrogens (tertiary/aromatic N) is 2. The van der Waals surface area contributed by atoms with Crippen LogP contribution < -0.4 is 5.32 Å². The predicted molar refractivity (Wildman–Crippen MR) is 79.2 cm³/mol. The van der Waals surface area contributed by atoms with E-state index in [1.54, 1.807) is 6.20 Å². The first kappa shape index (κ1) is 13.8. The molecule has 1 atom stereocenters. The maximum atomic E-state index is 11.8. The molecule has 1 amide bonds. The summed E-state index contributed by atoms with van der Waals surface area (Å²) in [4.78, 5) is 11.8. The highest BCUT2D eigenvalue weighted by atomic mass is 16.5. The van der Waals surface area contributed by atoms with Gasteiger partial charge in [-0.1, -0.05) is 12.1 Å². The monoisotopic (exact) mass is 285 g/mol. The van der Waals surface area contributed by atoms with Gasteiger partial charge >= 0.3 is 0 Å². The number of benzene rings is 1. The number of carbonyl (C=O) groups excluding carboxylic acids is 1. The molecule has 0 saturated carbocycles. The summed E-state index contributed by atoms with van der Waals surface area (Å²) in [5, 5.41) is 7.17. The van der Waals surface area contributed by atoms with E-state index < -0.39 is 0 Å². The summed E-state index contributed by atoms with van der Waals surface area (Å²) >= 11 is 0. The van der Waals surface area contributed by atoms with Crippen molar-refractivity contribution < 1.29 is 9.53 Å². The second-order valence-corrected chi connectivity index (χ2v) is 5.22. The highest BCUT2D eigenvalue weighted by Gasteiger charge is 2.22. The zero-order valence-electron chi connectivity index (χ0n) is 11.9. The lowest BCUT2D eigenvalue weighted by Gasteiger charge is -2.09. The van der Waals surface area contributed by atoms with E-state index in [-0.39, 0.29) is 11.8 Å². The Morgan fingerprint density at radius 1 is 1.38 bits per heavy atom. The Balaban J connectivity index is 1.48. The summed E-state index contributed by atoms with van der Waals surface area (Å²) in [7, 11) is 0. The van der Waals surface area contributed by atoms with Crippen molar-refractivity contribution >= 4 is 5.91 Å². The van der Waals surface area contributed by atoms with Crippen LogP contribution in [0.1, 0.15) is 12.0 Å². The van der Waals surface area contributed by atoms with Crippen molar-refractivity contribution in [2.24, 2.45) is 5.92 Å². The molecule has 0 radical (unpaired) electrons. The number of nitrogens with one attached hydrogen (secondary N) is 1. The average Bonchev–Trinajstić information content (AvgIpc) is 3.21. The van der Waals surface area contributed by atoms with E-state index in [0.29, 0.717) is 19.8 Å². The van der Waals surface area contributed by atoms with E-state index in [9.17, 15) is 4.79 Å². The first-order chi connectivity index (χ1) is 10.3. The second-order valence-electron chi connectivity index (χ2n) is 5.22. The molecule has 0 aliphatic carbocycles. The Morgan fingerprint density at radius 3 is 2.90 bits per heavy atom. The zero-order chi connectivity index (χ0) is 14.5. The third kappa shape index (κ3) is 3.49. The van der Waals surface area contributed by atoms with Gasteiger partial charge in [0.05, 0.1) is 18.2 Å². The number of aromatic nitrogens is 2. The Kier molecular flexibility index (Phi) is 4.31. The summed E-state index contributed by atoms with van der Waals surface area (Å²) in [5.74, 6) is 0.146. The number of carbonyl (C=O) groups is 1. The molecule has 2 aromatic rings. The lowest BCUT2D eigenvalue weighted by Crippen LogP contribution is -2.32. The van der Waals surface area contributed by atoms with Crippen LogP contribution in [-0.2, 0) is 16.0 Å². The van der Waals surface area contributed by atoms with Crippen molar-refractivity contribution in [3.8, 4) is 5.69 Å². The fourth-order valence-electron chi connectivity index (χ4n) is 2.45. The molecule has 1 aliphatic heterocycles. The van der Waals surface area contributed by atoms with Gasteiger partial charge in [0.25, 0.3) is 0 Å². The van der Waals surface area contributed by atoms with Crippen molar-refractivity contribution in [3.63, 3.8) is 0 Å². The lowest BCUT2D eigenvalue weighted by atomic mass is 10.1. The first-order valence-corrected chi connectivity index (χ1v) is 7.27. The van der Waals surface area contributed by atoms with Gasteiger partial charge < -0.3 is 10.1 Å². The molecule has 1 aromatic heterocycles. The first-order valence-electron chi connectivity index (χ1n) is 7.27. The molecule has 5 heteroatoms.